The molecular formula is C18H29IN6O. The SMILES string of the molecule is CN=C(NCCOc1cccc(C(C)(C)C)c1)NCc1ncnn1C.I. The van der Waals surface area contributed by atoms with Crippen LogP contribution in [0.15, 0.2) is 35.6 Å². The number of benzene rings is 1. The zero-order chi connectivity index (χ0) is 18.3. The van der Waals surface area contributed by atoms with Gasteiger partial charge in [0, 0.05) is 14.1 Å². The van der Waals surface area contributed by atoms with Crippen molar-refractivity contribution < 1.29 is 4.74 Å². The van der Waals surface area contributed by atoms with E-state index in [-0.39, 0.29) is 29.4 Å². The lowest BCUT2D eigenvalue weighted by Crippen LogP contribution is -2.39. The van der Waals surface area contributed by atoms with E-state index in [1.807, 2.05) is 19.2 Å². The molecule has 0 bridgehead atoms. The topological polar surface area (TPSA) is 76.4 Å². The summed E-state index contributed by atoms with van der Waals surface area (Å²) in [4.78, 5) is 8.36. The van der Waals surface area contributed by atoms with Gasteiger partial charge in [0.1, 0.15) is 24.5 Å². The van der Waals surface area contributed by atoms with Gasteiger partial charge >= 0.3 is 0 Å². The molecule has 26 heavy (non-hydrogen) atoms. The van der Waals surface area contributed by atoms with E-state index in [2.05, 4.69) is 58.6 Å². The highest BCUT2D eigenvalue weighted by Crippen LogP contribution is 2.25. The van der Waals surface area contributed by atoms with Gasteiger partial charge in [-0.2, -0.15) is 5.10 Å². The number of guanidine groups is 1. The van der Waals surface area contributed by atoms with Crippen molar-refractivity contribution in [2.45, 2.75) is 32.7 Å². The van der Waals surface area contributed by atoms with Gasteiger partial charge in [0.15, 0.2) is 5.96 Å². The Morgan fingerprint density at radius 1 is 1.27 bits per heavy atom. The molecule has 0 saturated carbocycles. The highest BCUT2D eigenvalue weighted by atomic mass is 127. The summed E-state index contributed by atoms with van der Waals surface area (Å²) in [5, 5.41) is 10.5. The molecule has 1 heterocycles. The predicted molar refractivity (Wildman–Crippen MR) is 115 cm³/mol. The fraction of sp³-hybridized carbons (Fsp3) is 0.500. The van der Waals surface area contributed by atoms with Gasteiger partial charge in [-0.25, -0.2) is 4.98 Å². The van der Waals surface area contributed by atoms with Crippen molar-refractivity contribution in [3.8, 4) is 5.75 Å². The van der Waals surface area contributed by atoms with E-state index in [0.29, 0.717) is 25.7 Å². The van der Waals surface area contributed by atoms with Crippen molar-refractivity contribution in [3.05, 3.63) is 42.0 Å². The average molecular weight is 472 g/mol. The Bertz CT molecular complexity index is 708. The summed E-state index contributed by atoms with van der Waals surface area (Å²) in [5.41, 5.74) is 1.38. The van der Waals surface area contributed by atoms with Crippen molar-refractivity contribution in [2.24, 2.45) is 12.0 Å². The smallest absolute Gasteiger partial charge is 0.191 e. The summed E-state index contributed by atoms with van der Waals surface area (Å²) in [6.07, 6.45) is 1.53. The molecule has 0 aliphatic carbocycles. The first-order chi connectivity index (χ1) is 11.9. The number of hydrogen-bond acceptors (Lipinski definition) is 4. The second kappa shape index (κ2) is 10.3. The van der Waals surface area contributed by atoms with E-state index in [9.17, 15) is 0 Å². The van der Waals surface area contributed by atoms with Crippen LogP contribution in [0.25, 0.3) is 0 Å². The van der Waals surface area contributed by atoms with Gasteiger partial charge in [0.2, 0.25) is 0 Å². The normalized spacial score (nSPS) is 11.7. The number of aliphatic imine (C=N–C) groups is 1. The molecule has 0 aliphatic heterocycles. The lowest BCUT2D eigenvalue weighted by molar-refractivity contribution is 0.321. The van der Waals surface area contributed by atoms with Crippen LogP contribution in [0.3, 0.4) is 0 Å². The highest BCUT2D eigenvalue weighted by Gasteiger charge is 2.13. The monoisotopic (exact) mass is 472 g/mol. The van der Waals surface area contributed by atoms with E-state index in [0.717, 1.165) is 11.6 Å². The summed E-state index contributed by atoms with van der Waals surface area (Å²) in [6.45, 7) is 8.35. The Balaban J connectivity index is 0.00000338. The Kier molecular flexibility index (Phi) is 8.83. The maximum absolute atomic E-state index is 5.83. The van der Waals surface area contributed by atoms with E-state index in [4.69, 9.17) is 4.74 Å². The van der Waals surface area contributed by atoms with Gasteiger partial charge in [-0.05, 0) is 23.1 Å². The van der Waals surface area contributed by atoms with Crippen molar-refractivity contribution in [3.63, 3.8) is 0 Å². The lowest BCUT2D eigenvalue weighted by Gasteiger charge is -2.20. The molecule has 144 valence electrons. The van der Waals surface area contributed by atoms with Crippen LogP contribution in [0.1, 0.15) is 32.2 Å². The molecule has 2 N–H and O–H groups in total. The van der Waals surface area contributed by atoms with Crippen LogP contribution < -0.4 is 15.4 Å². The number of nitrogens with zero attached hydrogens (tertiary/aromatic N) is 4. The maximum atomic E-state index is 5.83. The largest absolute Gasteiger partial charge is 0.492 e. The molecule has 0 saturated heterocycles. The van der Waals surface area contributed by atoms with Crippen LogP contribution in [-0.2, 0) is 19.0 Å². The molecule has 0 radical (unpaired) electrons. The second-order valence-electron chi connectivity index (χ2n) is 6.78. The summed E-state index contributed by atoms with van der Waals surface area (Å²) < 4.78 is 7.56. The molecule has 7 nitrogen and oxygen atoms in total. The third-order valence-electron chi connectivity index (χ3n) is 3.81. The quantitative estimate of drug-likeness (QED) is 0.293. The van der Waals surface area contributed by atoms with Crippen LogP contribution >= 0.6 is 24.0 Å². The van der Waals surface area contributed by atoms with Crippen molar-refractivity contribution in [2.75, 3.05) is 20.2 Å². The molecular weight excluding hydrogens is 443 g/mol. The van der Waals surface area contributed by atoms with Gasteiger partial charge in [-0.15, -0.1) is 24.0 Å². The third kappa shape index (κ3) is 6.81. The molecule has 0 amide bonds. The molecule has 0 fully saturated rings. The van der Waals surface area contributed by atoms with Gasteiger partial charge in [0.25, 0.3) is 0 Å². The number of rotatable bonds is 6. The number of halogens is 1. The number of nitrogens with one attached hydrogen (secondary N) is 2. The minimum absolute atomic E-state index is 0. The lowest BCUT2D eigenvalue weighted by atomic mass is 9.87. The Labute approximate surface area is 172 Å². The molecule has 8 heteroatoms. The number of ether oxygens (including phenoxy) is 1. The van der Waals surface area contributed by atoms with Gasteiger partial charge in [-0.3, -0.25) is 9.67 Å². The van der Waals surface area contributed by atoms with E-state index >= 15 is 0 Å². The zero-order valence-corrected chi connectivity index (χ0v) is 18.4. The van der Waals surface area contributed by atoms with Gasteiger partial charge in [-0.1, -0.05) is 32.9 Å². The fourth-order valence-electron chi connectivity index (χ4n) is 2.25. The molecule has 0 unspecified atom stereocenters. The van der Waals surface area contributed by atoms with E-state index in [1.165, 1.54) is 11.9 Å². The molecule has 1 aromatic heterocycles. The van der Waals surface area contributed by atoms with E-state index in [1.54, 1.807) is 11.7 Å². The van der Waals surface area contributed by atoms with Crippen LogP contribution in [0, 0.1) is 0 Å². The maximum Gasteiger partial charge on any atom is 0.191 e. The van der Waals surface area contributed by atoms with Crippen LogP contribution in [-0.4, -0.2) is 40.9 Å². The predicted octanol–water partition coefficient (Wildman–Crippen LogP) is 2.47. The first kappa shape index (κ1) is 22.2. The molecule has 2 rings (SSSR count). The Morgan fingerprint density at radius 3 is 2.65 bits per heavy atom. The molecule has 2 aromatic rings. The van der Waals surface area contributed by atoms with Crippen molar-refractivity contribution in [1.29, 1.82) is 0 Å². The summed E-state index contributed by atoms with van der Waals surface area (Å²) >= 11 is 0. The minimum Gasteiger partial charge on any atom is -0.492 e. The number of aromatic nitrogens is 3. The Morgan fingerprint density at radius 2 is 2.04 bits per heavy atom. The molecule has 0 aliphatic rings. The van der Waals surface area contributed by atoms with Crippen molar-refractivity contribution in [1.82, 2.24) is 25.4 Å². The first-order valence-electron chi connectivity index (χ1n) is 8.41. The fourth-order valence-corrected chi connectivity index (χ4v) is 2.25. The number of hydrogen-bond donors (Lipinski definition) is 2. The van der Waals surface area contributed by atoms with Crippen LogP contribution in [0.4, 0.5) is 0 Å². The first-order valence-corrected chi connectivity index (χ1v) is 8.41. The summed E-state index contributed by atoms with van der Waals surface area (Å²) in [7, 11) is 3.60. The second-order valence-corrected chi connectivity index (χ2v) is 6.78. The van der Waals surface area contributed by atoms with Gasteiger partial charge in [0.05, 0.1) is 13.1 Å². The zero-order valence-electron chi connectivity index (χ0n) is 16.1. The number of aryl methyl sites for hydroxylation is 1. The minimum atomic E-state index is 0. The van der Waals surface area contributed by atoms with Crippen molar-refractivity contribution >= 4 is 29.9 Å². The average Bonchev–Trinajstić information content (AvgIpc) is 2.99. The highest BCUT2D eigenvalue weighted by molar-refractivity contribution is 14.0. The standard InChI is InChI=1S/C18H28N6O.HI/c1-18(2,3)14-7-6-8-15(11-14)25-10-9-20-17(19-4)21-12-16-22-13-23-24(16)5;/h6-8,11,13H,9-10,12H2,1-5H3,(H2,19,20,21);1H. The summed E-state index contributed by atoms with van der Waals surface area (Å²) in [6, 6.07) is 8.24. The molecule has 1 aromatic carbocycles. The molecule has 0 spiro atoms. The van der Waals surface area contributed by atoms with Gasteiger partial charge < -0.3 is 15.4 Å². The molecule has 0 atom stereocenters. The van der Waals surface area contributed by atoms with E-state index < -0.39 is 0 Å². The Hall–Kier alpha value is -1.84. The third-order valence-corrected chi connectivity index (χ3v) is 3.81. The summed E-state index contributed by atoms with van der Waals surface area (Å²) in [5.74, 6) is 2.43. The van der Waals surface area contributed by atoms with Crippen LogP contribution in [0.5, 0.6) is 5.75 Å². The van der Waals surface area contributed by atoms with Crippen LogP contribution in [0.2, 0.25) is 0 Å².